The lowest BCUT2D eigenvalue weighted by Crippen LogP contribution is -2.15. The van der Waals surface area contributed by atoms with Crippen molar-refractivity contribution in [1.29, 1.82) is 0 Å². The van der Waals surface area contributed by atoms with E-state index in [0.717, 1.165) is 6.07 Å². The summed E-state index contributed by atoms with van der Waals surface area (Å²) in [6.07, 6.45) is 1.24. The van der Waals surface area contributed by atoms with E-state index in [4.69, 9.17) is 11.6 Å². The zero-order valence-corrected chi connectivity index (χ0v) is 11.9. The average molecular weight is 366 g/mol. The van der Waals surface area contributed by atoms with Gasteiger partial charge in [-0.15, -0.1) is 0 Å². The van der Waals surface area contributed by atoms with Gasteiger partial charge in [0, 0.05) is 0 Å². The number of aromatic nitrogens is 1. The molecule has 20 heavy (non-hydrogen) atoms. The zero-order valence-electron chi connectivity index (χ0n) is 9.55. The minimum Gasteiger partial charge on any atom is -0.320 e. The first-order valence-electron chi connectivity index (χ1n) is 5.16. The van der Waals surface area contributed by atoms with Gasteiger partial charge in [-0.1, -0.05) is 11.6 Å². The molecule has 3 nitrogen and oxygen atoms in total. The van der Waals surface area contributed by atoms with Gasteiger partial charge in [0.25, 0.3) is 5.91 Å². The Balaban J connectivity index is 2.28. The van der Waals surface area contributed by atoms with Gasteiger partial charge in [-0.05, 0) is 34.1 Å². The van der Waals surface area contributed by atoms with E-state index in [1.807, 2.05) is 0 Å². The predicted molar refractivity (Wildman–Crippen MR) is 71.2 cm³/mol. The Kier molecular flexibility index (Phi) is 4.29. The summed E-state index contributed by atoms with van der Waals surface area (Å²) >= 11 is 8.77. The van der Waals surface area contributed by atoms with Gasteiger partial charge in [0.1, 0.15) is 5.15 Å². The largest absolute Gasteiger partial charge is 0.320 e. The summed E-state index contributed by atoms with van der Waals surface area (Å²) in [4.78, 5) is 15.5. The molecule has 0 saturated carbocycles. The molecule has 0 spiro atoms. The fraction of sp³-hybridized carbons (Fsp3) is 0. The van der Waals surface area contributed by atoms with E-state index >= 15 is 0 Å². The van der Waals surface area contributed by atoms with E-state index in [2.05, 4.69) is 26.2 Å². The van der Waals surface area contributed by atoms with Crippen LogP contribution in [0.4, 0.5) is 18.9 Å². The first-order chi connectivity index (χ1) is 9.40. The normalized spacial score (nSPS) is 10.4. The molecule has 1 aromatic carbocycles. The Morgan fingerprint density at radius 1 is 1.25 bits per heavy atom. The van der Waals surface area contributed by atoms with Gasteiger partial charge in [-0.25, -0.2) is 18.2 Å². The lowest BCUT2D eigenvalue weighted by Gasteiger charge is -2.07. The molecule has 1 N–H and O–H groups in total. The number of carbonyl (C=O) groups excluding carboxylic acids is 1. The van der Waals surface area contributed by atoms with Gasteiger partial charge < -0.3 is 5.32 Å². The van der Waals surface area contributed by atoms with Crippen LogP contribution in [0.3, 0.4) is 0 Å². The van der Waals surface area contributed by atoms with Crippen molar-refractivity contribution < 1.29 is 18.0 Å². The van der Waals surface area contributed by atoms with E-state index in [1.165, 1.54) is 12.3 Å². The molecule has 2 rings (SSSR count). The molecule has 0 atom stereocenters. The SMILES string of the molecule is O=C(Nc1cnc(Cl)c(Br)c1)c1ccc(F)c(F)c1F. The highest BCUT2D eigenvalue weighted by Gasteiger charge is 2.19. The molecular formula is C12H5BrClF3N2O. The summed E-state index contributed by atoms with van der Waals surface area (Å²) in [6, 6.07) is 2.95. The summed E-state index contributed by atoms with van der Waals surface area (Å²) in [5.74, 6) is -5.55. The van der Waals surface area contributed by atoms with Crippen LogP contribution in [-0.2, 0) is 0 Å². The molecule has 0 aliphatic rings. The van der Waals surface area contributed by atoms with Crippen LogP contribution in [0.5, 0.6) is 0 Å². The Morgan fingerprint density at radius 2 is 1.95 bits per heavy atom. The third kappa shape index (κ3) is 2.94. The second-order valence-electron chi connectivity index (χ2n) is 3.67. The van der Waals surface area contributed by atoms with Crippen molar-refractivity contribution in [2.24, 2.45) is 0 Å². The topological polar surface area (TPSA) is 42.0 Å². The molecule has 0 aliphatic heterocycles. The highest BCUT2D eigenvalue weighted by Crippen LogP contribution is 2.23. The molecule has 0 saturated heterocycles. The molecule has 0 radical (unpaired) electrons. The maximum atomic E-state index is 13.4. The lowest BCUT2D eigenvalue weighted by molar-refractivity contribution is 0.102. The molecule has 104 valence electrons. The predicted octanol–water partition coefficient (Wildman–Crippen LogP) is 4.17. The maximum absolute atomic E-state index is 13.4. The summed E-state index contributed by atoms with van der Waals surface area (Å²) in [5.41, 5.74) is -0.398. The number of anilines is 1. The number of hydrogen-bond donors (Lipinski definition) is 1. The molecule has 0 aliphatic carbocycles. The molecule has 0 fully saturated rings. The number of benzene rings is 1. The Morgan fingerprint density at radius 3 is 2.60 bits per heavy atom. The standard InChI is InChI=1S/C12H5BrClF3N2O/c13-7-3-5(4-18-11(7)14)19-12(20)6-1-2-8(15)10(17)9(6)16/h1-4H,(H,19,20). The Labute approximate surface area is 124 Å². The first-order valence-corrected chi connectivity index (χ1v) is 6.33. The maximum Gasteiger partial charge on any atom is 0.258 e. The van der Waals surface area contributed by atoms with Crippen LogP contribution >= 0.6 is 27.5 Å². The number of carbonyl (C=O) groups is 1. The van der Waals surface area contributed by atoms with Crippen molar-refractivity contribution >= 4 is 39.1 Å². The average Bonchev–Trinajstić information content (AvgIpc) is 2.40. The number of halogens is 5. The van der Waals surface area contributed by atoms with Crippen LogP contribution < -0.4 is 5.32 Å². The van der Waals surface area contributed by atoms with Crippen LogP contribution in [0, 0.1) is 17.5 Å². The van der Waals surface area contributed by atoms with E-state index in [0.29, 0.717) is 10.5 Å². The molecule has 1 amide bonds. The van der Waals surface area contributed by atoms with E-state index in [9.17, 15) is 18.0 Å². The third-order valence-electron chi connectivity index (χ3n) is 2.33. The summed E-state index contributed by atoms with van der Waals surface area (Å²) < 4.78 is 39.7. The number of hydrogen-bond acceptors (Lipinski definition) is 2. The highest BCUT2D eigenvalue weighted by atomic mass is 79.9. The van der Waals surface area contributed by atoms with Crippen LogP contribution in [0.1, 0.15) is 10.4 Å². The number of nitrogens with zero attached hydrogens (tertiary/aromatic N) is 1. The quantitative estimate of drug-likeness (QED) is 0.641. The molecule has 0 bridgehead atoms. The number of pyridine rings is 1. The van der Waals surface area contributed by atoms with Gasteiger partial charge >= 0.3 is 0 Å². The van der Waals surface area contributed by atoms with Gasteiger partial charge in [0.2, 0.25) is 0 Å². The Bertz CT molecular complexity index is 697. The minimum atomic E-state index is -1.70. The van der Waals surface area contributed by atoms with Crippen LogP contribution in [0.25, 0.3) is 0 Å². The summed E-state index contributed by atoms with van der Waals surface area (Å²) in [7, 11) is 0. The lowest BCUT2D eigenvalue weighted by atomic mass is 10.2. The van der Waals surface area contributed by atoms with Crippen molar-refractivity contribution in [2.45, 2.75) is 0 Å². The van der Waals surface area contributed by atoms with E-state index in [-0.39, 0.29) is 10.8 Å². The third-order valence-corrected chi connectivity index (χ3v) is 3.47. The van der Waals surface area contributed by atoms with Crippen molar-refractivity contribution in [1.82, 2.24) is 4.98 Å². The Hall–Kier alpha value is -1.60. The van der Waals surface area contributed by atoms with E-state index < -0.39 is 28.9 Å². The highest BCUT2D eigenvalue weighted by molar-refractivity contribution is 9.10. The molecule has 0 unspecified atom stereocenters. The summed E-state index contributed by atoms with van der Waals surface area (Å²) in [5, 5.41) is 2.48. The second kappa shape index (κ2) is 5.80. The van der Waals surface area contributed by atoms with Crippen molar-refractivity contribution in [3.05, 3.63) is 57.0 Å². The number of nitrogens with one attached hydrogen (secondary N) is 1. The van der Waals surface area contributed by atoms with Gasteiger partial charge in [0.05, 0.1) is 21.9 Å². The van der Waals surface area contributed by atoms with Crippen molar-refractivity contribution in [2.75, 3.05) is 5.32 Å². The van der Waals surface area contributed by atoms with Crippen molar-refractivity contribution in [3.63, 3.8) is 0 Å². The zero-order chi connectivity index (χ0) is 14.9. The molecule has 1 heterocycles. The monoisotopic (exact) mass is 364 g/mol. The second-order valence-corrected chi connectivity index (χ2v) is 4.89. The van der Waals surface area contributed by atoms with E-state index in [1.54, 1.807) is 0 Å². The molecule has 2 aromatic rings. The fourth-order valence-electron chi connectivity index (χ4n) is 1.39. The minimum absolute atomic E-state index is 0.182. The van der Waals surface area contributed by atoms with Crippen LogP contribution in [0.2, 0.25) is 5.15 Å². The fourth-order valence-corrected chi connectivity index (χ4v) is 1.84. The van der Waals surface area contributed by atoms with Crippen LogP contribution in [0.15, 0.2) is 28.9 Å². The van der Waals surface area contributed by atoms with Gasteiger partial charge in [-0.2, -0.15) is 0 Å². The van der Waals surface area contributed by atoms with Crippen molar-refractivity contribution in [3.8, 4) is 0 Å². The smallest absolute Gasteiger partial charge is 0.258 e. The number of amides is 1. The number of rotatable bonds is 2. The van der Waals surface area contributed by atoms with Crippen LogP contribution in [-0.4, -0.2) is 10.9 Å². The summed E-state index contributed by atoms with van der Waals surface area (Å²) in [6.45, 7) is 0. The van der Waals surface area contributed by atoms with Gasteiger partial charge in [0.15, 0.2) is 17.5 Å². The van der Waals surface area contributed by atoms with Gasteiger partial charge in [-0.3, -0.25) is 4.79 Å². The molecular weight excluding hydrogens is 360 g/mol. The molecule has 8 heteroatoms. The first kappa shape index (κ1) is 14.8. The molecule has 1 aromatic heterocycles.